The van der Waals surface area contributed by atoms with Gasteiger partial charge in [-0.05, 0) is 51.4 Å². The van der Waals surface area contributed by atoms with Crippen molar-refractivity contribution in [3.05, 3.63) is 40.1 Å². The highest BCUT2D eigenvalue weighted by Gasteiger charge is 2.36. The van der Waals surface area contributed by atoms with Crippen LogP contribution in [0, 0.1) is 6.92 Å². The molecule has 3 heterocycles. The molecule has 11 nitrogen and oxygen atoms in total. The number of hydrogen-bond donors (Lipinski definition) is 3. The molecule has 3 aromatic rings. The van der Waals surface area contributed by atoms with Gasteiger partial charge in [-0.2, -0.15) is 4.31 Å². The number of aromatic amines is 1. The van der Waals surface area contributed by atoms with Gasteiger partial charge in [-0.25, -0.2) is 17.9 Å². The quantitative estimate of drug-likeness (QED) is 0.330. The van der Waals surface area contributed by atoms with Gasteiger partial charge in [-0.3, -0.25) is 4.79 Å². The van der Waals surface area contributed by atoms with E-state index in [0.29, 0.717) is 67.4 Å². The van der Waals surface area contributed by atoms with Crippen LogP contribution in [-0.2, 0) is 16.4 Å². The van der Waals surface area contributed by atoms with Gasteiger partial charge < -0.3 is 20.1 Å². The Bertz CT molecular complexity index is 1360. The standard InChI is InChI=1S/C23H32N6O5S/c1-4-7-20-25-15(3)21-23(31)26-22(27-29(20)21)18-12-17(8-9-19(18)34-5-2)35(32,33)28-13-16(14-28)24-10-6-11-30/h8-9,12,16,24,30H,4-7,10-11,13-14H2,1-3H3,(H,26,27,31). The van der Waals surface area contributed by atoms with Gasteiger partial charge in [0.1, 0.15) is 11.6 Å². The van der Waals surface area contributed by atoms with Crippen LogP contribution >= 0.6 is 0 Å². The van der Waals surface area contributed by atoms with Gasteiger partial charge in [-0.15, -0.1) is 5.10 Å². The number of aliphatic hydroxyl groups is 1. The van der Waals surface area contributed by atoms with Crippen molar-refractivity contribution in [1.29, 1.82) is 0 Å². The lowest BCUT2D eigenvalue weighted by atomic mass is 10.2. The minimum absolute atomic E-state index is 0.0559. The highest BCUT2D eigenvalue weighted by atomic mass is 32.2. The SMILES string of the molecule is CCCc1nc(C)c2c(=O)[nH]c(-c3cc(S(=O)(=O)N4CC(NCCCO)C4)ccc3OCC)nn12. The summed E-state index contributed by atoms with van der Waals surface area (Å²) in [4.78, 5) is 20.3. The molecule has 0 bridgehead atoms. The fraction of sp³-hybridized carbons (Fsp3) is 0.522. The average Bonchev–Trinajstić information content (AvgIpc) is 3.11. The normalized spacial score (nSPS) is 15.0. The summed E-state index contributed by atoms with van der Waals surface area (Å²) in [5.41, 5.74) is 1.01. The fourth-order valence-electron chi connectivity index (χ4n) is 4.18. The molecule has 0 aliphatic carbocycles. The first kappa shape index (κ1) is 25.3. The molecule has 1 fully saturated rings. The van der Waals surface area contributed by atoms with E-state index in [2.05, 4.69) is 20.4 Å². The number of aliphatic hydroxyl groups excluding tert-OH is 1. The number of H-pyrrole nitrogens is 1. The number of rotatable bonds is 11. The predicted octanol–water partition coefficient (Wildman–Crippen LogP) is 1.09. The van der Waals surface area contributed by atoms with Gasteiger partial charge in [-0.1, -0.05) is 6.92 Å². The van der Waals surface area contributed by atoms with E-state index in [1.54, 1.807) is 17.5 Å². The van der Waals surface area contributed by atoms with Crippen LogP contribution in [0.5, 0.6) is 5.75 Å². The first-order valence-electron chi connectivity index (χ1n) is 11.9. The highest BCUT2D eigenvalue weighted by Crippen LogP contribution is 2.32. The van der Waals surface area contributed by atoms with Crippen molar-refractivity contribution in [1.82, 2.24) is 29.2 Å². The molecule has 1 saturated heterocycles. The topological polar surface area (TPSA) is 142 Å². The maximum absolute atomic E-state index is 13.3. The lowest BCUT2D eigenvalue weighted by molar-refractivity contribution is 0.218. The fourth-order valence-corrected chi connectivity index (χ4v) is 5.73. The number of nitrogens with zero attached hydrogens (tertiary/aromatic N) is 4. The number of benzene rings is 1. The van der Waals surface area contributed by atoms with Gasteiger partial charge >= 0.3 is 0 Å². The molecule has 1 aliphatic rings. The number of aromatic nitrogens is 4. The molecule has 190 valence electrons. The summed E-state index contributed by atoms with van der Waals surface area (Å²) < 4.78 is 35.2. The van der Waals surface area contributed by atoms with Crippen LogP contribution in [0.2, 0.25) is 0 Å². The summed E-state index contributed by atoms with van der Waals surface area (Å²) >= 11 is 0. The molecule has 35 heavy (non-hydrogen) atoms. The second kappa shape index (κ2) is 10.4. The summed E-state index contributed by atoms with van der Waals surface area (Å²) in [6, 6.07) is 4.66. The van der Waals surface area contributed by atoms with Crippen LogP contribution < -0.4 is 15.6 Å². The third-order valence-electron chi connectivity index (χ3n) is 5.98. The van der Waals surface area contributed by atoms with Gasteiger partial charge in [0.2, 0.25) is 10.0 Å². The molecular weight excluding hydrogens is 472 g/mol. The Morgan fingerprint density at radius 2 is 2.06 bits per heavy atom. The van der Waals surface area contributed by atoms with Crippen molar-refractivity contribution in [2.45, 2.75) is 51.0 Å². The molecule has 0 atom stereocenters. The van der Waals surface area contributed by atoms with E-state index >= 15 is 0 Å². The van der Waals surface area contributed by atoms with Crippen molar-refractivity contribution in [2.24, 2.45) is 0 Å². The molecule has 12 heteroatoms. The van der Waals surface area contributed by atoms with Crippen molar-refractivity contribution in [3.8, 4) is 17.1 Å². The molecular formula is C23H32N6O5S. The maximum Gasteiger partial charge on any atom is 0.277 e. The van der Waals surface area contributed by atoms with Crippen LogP contribution in [0.15, 0.2) is 27.9 Å². The van der Waals surface area contributed by atoms with Crippen molar-refractivity contribution in [2.75, 3.05) is 32.8 Å². The number of fused-ring (bicyclic) bond motifs is 1. The van der Waals surface area contributed by atoms with E-state index in [1.165, 1.54) is 16.4 Å². The lowest BCUT2D eigenvalue weighted by Crippen LogP contribution is -2.59. The van der Waals surface area contributed by atoms with Gasteiger partial charge in [0.15, 0.2) is 11.3 Å². The first-order chi connectivity index (χ1) is 16.8. The van der Waals surface area contributed by atoms with E-state index in [4.69, 9.17) is 9.84 Å². The number of imidazole rings is 1. The monoisotopic (exact) mass is 504 g/mol. The van der Waals surface area contributed by atoms with E-state index in [1.807, 2.05) is 13.8 Å². The summed E-state index contributed by atoms with van der Waals surface area (Å²) in [6.07, 6.45) is 2.11. The summed E-state index contributed by atoms with van der Waals surface area (Å²) in [5.74, 6) is 1.31. The van der Waals surface area contributed by atoms with Gasteiger partial charge in [0.05, 0.1) is 22.8 Å². The Morgan fingerprint density at radius 1 is 1.29 bits per heavy atom. The second-order valence-electron chi connectivity index (χ2n) is 8.57. The molecule has 0 spiro atoms. The van der Waals surface area contributed by atoms with E-state index in [0.717, 1.165) is 6.42 Å². The summed E-state index contributed by atoms with van der Waals surface area (Å²) in [5, 5.41) is 16.8. The summed E-state index contributed by atoms with van der Waals surface area (Å²) in [7, 11) is -3.74. The Labute approximate surface area is 204 Å². The molecule has 1 aliphatic heterocycles. The Morgan fingerprint density at radius 3 is 2.74 bits per heavy atom. The Balaban J connectivity index is 1.71. The van der Waals surface area contributed by atoms with Crippen molar-refractivity contribution in [3.63, 3.8) is 0 Å². The summed E-state index contributed by atoms with van der Waals surface area (Å²) in [6.45, 7) is 7.42. The van der Waals surface area contributed by atoms with Gasteiger partial charge in [0, 0.05) is 32.2 Å². The molecule has 0 saturated carbocycles. The molecule has 0 radical (unpaired) electrons. The van der Waals surface area contributed by atoms with Crippen LogP contribution in [-0.4, -0.2) is 76.3 Å². The van der Waals surface area contributed by atoms with Crippen LogP contribution in [0.25, 0.3) is 16.9 Å². The Hall–Kier alpha value is -2.80. The zero-order valence-corrected chi connectivity index (χ0v) is 21.1. The van der Waals surface area contributed by atoms with E-state index < -0.39 is 10.0 Å². The molecule has 4 rings (SSSR count). The number of nitrogens with one attached hydrogen (secondary N) is 2. The number of sulfonamides is 1. The first-order valence-corrected chi connectivity index (χ1v) is 13.3. The zero-order valence-electron chi connectivity index (χ0n) is 20.2. The second-order valence-corrected chi connectivity index (χ2v) is 10.5. The highest BCUT2D eigenvalue weighted by molar-refractivity contribution is 7.89. The van der Waals surface area contributed by atoms with Crippen molar-refractivity contribution < 1.29 is 18.3 Å². The van der Waals surface area contributed by atoms with E-state index in [-0.39, 0.29) is 28.9 Å². The molecule has 1 aromatic carbocycles. The van der Waals surface area contributed by atoms with E-state index in [9.17, 15) is 13.2 Å². The number of hydrogen-bond acceptors (Lipinski definition) is 8. The maximum atomic E-state index is 13.3. The predicted molar refractivity (Wildman–Crippen MR) is 131 cm³/mol. The number of ether oxygens (including phenoxy) is 1. The van der Waals surface area contributed by atoms with Crippen LogP contribution in [0.1, 0.15) is 38.2 Å². The minimum atomic E-state index is -3.74. The smallest absolute Gasteiger partial charge is 0.277 e. The van der Waals surface area contributed by atoms with Gasteiger partial charge in [0.25, 0.3) is 5.56 Å². The van der Waals surface area contributed by atoms with Crippen LogP contribution in [0.3, 0.4) is 0 Å². The molecule has 3 N–H and O–H groups in total. The zero-order chi connectivity index (χ0) is 25.2. The third kappa shape index (κ3) is 4.96. The number of aryl methyl sites for hydroxylation is 2. The Kier molecular flexibility index (Phi) is 7.55. The molecule has 2 aromatic heterocycles. The average molecular weight is 505 g/mol. The van der Waals surface area contributed by atoms with Crippen LogP contribution in [0.4, 0.5) is 0 Å². The molecule has 0 amide bonds. The van der Waals surface area contributed by atoms with Crippen molar-refractivity contribution >= 4 is 15.5 Å². The lowest BCUT2D eigenvalue weighted by Gasteiger charge is -2.38. The largest absolute Gasteiger partial charge is 0.493 e. The minimum Gasteiger partial charge on any atom is -0.493 e. The third-order valence-corrected chi connectivity index (χ3v) is 7.80. The molecule has 0 unspecified atom stereocenters.